The van der Waals surface area contributed by atoms with Crippen molar-refractivity contribution in [3.63, 3.8) is 0 Å². The third-order valence-electron chi connectivity index (χ3n) is 4.11. The number of carbonyl (C=O) groups excluding carboxylic acids is 1. The molecule has 0 bridgehead atoms. The van der Waals surface area contributed by atoms with Gasteiger partial charge in [-0.3, -0.25) is 9.59 Å². The van der Waals surface area contributed by atoms with Gasteiger partial charge in [0.15, 0.2) is 0 Å². The Morgan fingerprint density at radius 2 is 2.08 bits per heavy atom. The lowest BCUT2D eigenvalue weighted by atomic mass is 10.1. The Kier molecular flexibility index (Phi) is 5.01. The summed E-state index contributed by atoms with van der Waals surface area (Å²) in [5.74, 6) is -2.60. The Balaban J connectivity index is 2.00. The highest BCUT2D eigenvalue weighted by Crippen LogP contribution is 2.42. The van der Waals surface area contributed by atoms with E-state index in [1.807, 2.05) is 18.2 Å². The number of benzene rings is 2. The van der Waals surface area contributed by atoms with Gasteiger partial charge in [-0.2, -0.15) is 0 Å². The number of carboxylic acid groups (broad SMARTS) is 1. The van der Waals surface area contributed by atoms with Crippen LogP contribution in [0.2, 0.25) is 5.02 Å². The van der Waals surface area contributed by atoms with Gasteiger partial charge in [0, 0.05) is 9.92 Å². The number of thioether (sulfide) groups is 1. The molecule has 0 spiro atoms. The van der Waals surface area contributed by atoms with Gasteiger partial charge in [-0.25, -0.2) is 4.39 Å². The highest BCUT2D eigenvalue weighted by atomic mass is 35.5. The maximum Gasteiger partial charge on any atom is 0.307 e. The Bertz CT molecular complexity index is 845. The minimum Gasteiger partial charge on any atom is -0.481 e. The van der Waals surface area contributed by atoms with Crippen LogP contribution in [0.1, 0.15) is 12.5 Å². The lowest BCUT2D eigenvalue weighted by Crippen LogP contribution is -2.45. The van der Waals surface area contributed by atoms with E-state index in [-0.39, 0.29) is 17.5 Å². The first-order valence-electron chi connectivity index (χ1n) is 7.62. The molecule has 3 rings (SSSR count). The summed E-state index contributed by atoms with van der Waals surface area (Å²) < 4.78 is 13.3. The third kappa shape index (κ3) is 3.50. The summed E-state index contributed by atoms with van der Waals surface area (Å²) >= 11 is 7.35. The van der Waals surface area contributed by atoms with Crippen molar-refractivity contribution in [1.29, 1.82) is 0 Å². The number of carboxylic acids is 1. The van der Waals surface area contributed by atoms with Gasteiger partial charge in [-0.1, -0.05) is 36.7 Å². The van der Waals surface area contributed by atoms with Gasteiger partial charge in [0.1, 0.15) is 11.1 Å². The first-order chi connectivity index (χ1) is 11.9. The van der Waals surface area contributed by atoms with E-state index in [9.17, 15) is 19.1 Å². The van der Waals surface area contributed by atoms with E-state index in [1.165, 1.54) is 41.8 Å². The normalized spacial score (nSPS) is 18.0. The molecule has 1 N–H and O–H groups in total. The Morgan fingerprint density at radius 1 is 1.36 bits per heavy atom. The van der Waals surface area contributed by atoms with Gasteiger partial charge >= 0.3 is 5.97 Å². The predicted molar refractivity (Wildman–Crippen MR) is 95.5 cm³/mol. The number of hydrogen-bond acceptors (Lipinski definition) is 3. The number of hydrogen-bond donors (Lipinski definition) is 1. The molecule has 0 saturated carbocycles. The fourth-order valence-electron chi connectivity index (χ4n) is 2.67. The van der Waals surface area contributed by atoms with Crippen LogP contribution < -0.4 is 4.90 Å². The number of anilines is 1. The zero-order chi connectivity index (χ0) is 18.1. The van der Waals surface area contributed by atoms with E-state index in [4.69, 9.17) is 11.6 Å². The molecule has 0 saturated heterocycles. The van der Waals surface area contributed by atoms with Gasteiger partial charge in [-0.15, -0.1) is 11.8 Å². The fraction of sp³-hybridized carbons (Fsp3) is 0.222. The van der Waals surface area contributed by atoms with Gasteiger partial charge in [0.25, 0.3) is 0 Å². The highest BCUT2D eigenvalue weighted by Gasteiger charge is 2.39. The molecule has 1 aliphatic rings. The summed E-state index contributed by atoms with van der Waals surface area (Å²) in [6.45, 7) is 1.67. The number of fused-ring (bicyclic) bond motifs is 1. The SMILES string of the molecule is CC(C(=O)O)C1Sc2ccccc2N(Cc2ccc(F)cc2Cl)C1=O. The molecule has 2 unspecified atom stereocenters. The summed E-state index contributed by atoms with van der Waals surface area (Å²) in [5, 5.41) is 8.80. The van der Waals surface area contributed by atoms with Crippen LogP contribution in [-0.4, -0.2) is 22.2 Å². The Morgan fingerprint density at radius 3 is 2.76 bits per heavy atom. The largest absolute Gasteiger partial charge is 0.481 e. The molecule has 2 aromatic rings. The summed E-state index contributed by atoms with van der Waals surface area (Å²) in [6.07, 6.45) is 0. The van der Waals surface area contributed by atoms with E-state index >= 15 is 0 Å². The number of carbonyl (C=O) groups is 2. The number of halogens is 2. The number of amides is 1. The number of rotatable bonds is 4. The van der Waals surface area contributed by atoms with Crippen molar-refractivity contribution >= 4 is 40.9 Å². The van der Waals surface area contributed by atoms with E-state index in [0.717, 1.165) is 4.90 Å². The first-order valence-corrected chi connectivity index (χ1v) is 8.88. The van der Waals surface area contributed by atoms with Crippen molar-refractivity contribution in [2.24, 2.45) is 5.92 Å². The quantitative estimate of drug-likeness (QED) is 0.864. The molecule has 0 fully saturated rings. The van der Waals surface area contributed by atoms with E-state index in [1.54, 1.807) is 6.07 Å². The van der Waals surface area contributed by atoms with Crippen molar-refractivity contribution < 1.29 is 19.1 Å². The molecule has 2 aromatic carbocycles. The van der Waals surface area contributed by atoms with Crippen LogP contribution in [0.25, 0.3) is 0 Å². The zero-order valence-electron chi connectivity index (χ0n) is 13.3. The van der Waals surface area contributed by atoms with E-state index in [0.29, 0.717) is 11.3 Å². The lowest BCUT2D eigenvalue weighted by Gasteiger charge is -2.35. The molecular weight excluding hydrogens is 365 g/mol. The summed E-state index contributed by atoms with van der Waals surface area (Å²) in [7, 11) is 0. The molecule has 25 heavy (non-hydrogen) atoms. The molecule has 0 aliphatic carbocycles. The monoisotopic (exact) mass is 379 g/mol. The van der Waals surface area contributed by atoms with Crippen LogP contribution in [0, 0.1) is 11.7 Å². The molecule has 130 valence electrons. The lowest BCUT2D eigenvalue weighted by molar-refractivity contribution is -0.142. The highest BCUT2D eigenvalue weighted by molar-refractivity contribution is 8.01. The molecule has 1 amide bonds. The first kappa shape index (κ1) is 17.8. The summed E-state index contributed by atoms with van der Waals surface area (Å²) in [6, 6.07) is 11.3. The Hall–Kier alpha value is -2.05. The Labute approximate surface area is 153 Å². The molecule has 1 heterocycles. The topological polar surface area (TPSA) is 57.6 Å². The fourth-order valence-corrected chi connectivity index (χ4v) is 4.17. The average molecular weight is 380 g/mol. The van der Waals surface area contributed by atoms with E-state index < -0.39 is 23.0 Å². The van der Waals surface area contributed by atoms with Crippen molar-refractivity contribution in [2.75, 3.05) is 4.90 Å². The predicted octanol–water partition coefficient (Wildman–Crippen LogP) is 4.21. The zero-order valence-corrected chi connectivity index (χ0v) is 14.9. The standard InChI is InChI=1S/C18H15ClFNO3S/c1-10(18(23)24)16-17(22)21(14-4-2-3-5-15(14)25-16)9-11-6-7-12(20)8-13(11)19/h2-8,10,16H,9H2,1H3,(H,23,24). The molecule has 4 nitrogen and oxygen atoms in total. The number of para-hydroxylation sites is 1. The molecule has 1 aliphatic heterocycles. The van der Waals surface area contributed by atoms with Crippen LogP contribution in [0.5, 0.6) is 0 Å². The van der Waals surface area contributed by atoms with Gasteiger partial charge in [0.2, 0.25) is 5.91 Å². The van der Waals surface area contributed by atoms with Crippen molar-refractivity contribution in [3.8, 4) is 0 Å². The van der Waals surface area contributed by atoms with Crippen molar-refractivity contribution in [1.82, 2.24) is 0 Å². The van der Waals surface area contributed by atoms with Crippen molar-refractivity contribution in [2.45, 2.75) is 23.6 Å². The smallest absolute Gasteiger partial charge is 0.307 e. The van der Waals surface area contributed by atoms with Crippen LogP contribution in [0.15, 0.2) is 47.4 Å². The van der Waals surface area contributed by atoms with Crippen LogP contribution >= 0.6 is 23.4 Å². The maximum atomic E-state index is 13.3. The minimum absolute atomic E-state index is 0.151. The van der Waals surface area contributed by atoms with Crippen molar-refractivity contribution in [3.05, 3.63) is 58.9 Å². The van der Waals surface area contributed by atoms with E-state index in [2.05, 4.69) is 0 Å². The molecule has 7 heteroatoms. The summed E-state index contributed by atoms with van der Waals surface area (Å²) in [4.78, 5) is 26.7. The average Bonchev–Trinajstić information content (AvgIpc) is 2.58. The van der Waals surface area contributed by atoms with Crippen LogP contribution in [-0.2, 0) is 16.1 Å². The number of nitrogens with zero attached hydrogens (tertiary/aromatic N) is 1. The second-order valence-corrected chi connectivity index (χ2v) is 7.38. The molecule has 0 radical (unpaired) electrons. The summed E-state index contributed by atoms with van der Waals surface area (Å²) in [5.41, 5.74) is 1.30. The second kappa shape index (κ2) is 7.06. The minimum atomic E-state index is -1.02. The number of aliphatic carboxylic acids is 1. The van der Waals surface area contributed by atoms with Crippen LogP contribution in [0.3, 0.4) is 0 Å². The third-order valence-corrected chi connectivity index (χ3v) is 5.92. The molecule has 2 atom stereocenters. The van der Waals surface area contributed by atoms with Gasteiger partial charge in [0.05, 0.1) is 18.2 Å². The van der Waals surface area contributed by atoms with Gasteiger partial charge in [-0.05, 0) is 29.8 Å². The molecular formula is C18H15ClFNO3S. The maximum absolute atomic E-state index is 13.3. The second-order valence-electron chi connectivity index (χ2n) is 5.79. The van der Waals surface area contributed by atoms with Gasteiger partial charge < -0.3 is 10.0 Å². The molecule has 0 aromatic heterocycles. The van der Waals surface area contributed by atoms with Crippen LogP contribution in [0.4, 0.5) is 10.1 Å².